The maximum absolute atomic E-state index is 12.8. The normalized spacial score (nSPS) is 28.5. The number of fused-ring (bicyclic) bond motifs is 1. The lowest BCUT2D eigenvalue weighted by molar-refractivity contribution is -0.0443. The van der Waals surface area contributed by atoms with Gasteiger partial charge in [0.2, 0.25) is 0 Å². The summed E-state index contributed by atoms with van der Waals surface area (Å²) < 4.78 is 5.76. The summed E-state index contributed by atoms with van der Waals surface area (Å²) in [5.41, 5.74) is 5.96. The molecule has 2 heterocycles. The monoisotopic (exact) mass is 308 g/mol. The van der Waals surface area contributed by atoms with Crippen LogP contribution in [0.3, 0.4) is 0 Å². The van der Waals surface area contributed by atoms with Gasteiger partial charge in [-0.05, 0) is 32.1 Å². The Balaban J connectivity index is 1.54. The Labute approximate surface area is 127 Å². The van der Waals surface area contributed by atoms with Crippen molar-refractivity contribution < 1.29 is 9.53 Å². The van der Waals surface area contributed by atoms with Gasteiger partial charge in [-0.1, -0.05) is 11.3 Å². The van der Waals surface area contributed by atoms with Gasteiger partial charge in [-0.25, -0.2) is 4.98 Å². The summed E-state index contributed by atoms with van der Waals surface area (Å²) in [4.78, 5) is 19.6. The lowest BCUT2D eigenvalue weighted by Crippen LogP contribution is -2.51. The number of nitrogens with one attached hydrogen (secondary N) is 1. The third-order valence-electron chi connectivity index (χ3n) is 4.50. The number of hydrogen-bond donors (Lipinski definition) is 2. The van der Waals surface area contributed by atoms with Crippen LogP contribution in [0, 0.1) is 0 Å². The van der Waals surface area contributed by atoms with E-state index in [4.69, 9.17) is 10.5 Å². The molecule has 1 aromatic heterocycles. The summed E-state index contributed by atoms with van der Waals surface area (Å²) in [7, 11) is 0. The van der Waals surface area contributed by atoms with E-state index in [1.54, 1.807) is 0 Å². The number of nitrogens with two attached hydrogens (primary N) is 1. The fraction of sp³-hybridized carbons (Fsp3) is 0.714. The van der Waals surface area contributed by atoms with Gasteiger partial charge in [-0.15, -0.1) is 0 Å². The van der Waals surface area contributed by atoms with Gasteiger partial charge in [0.25, 0.3) is 5.91 Å². The third kappa shape index (κ3) is 2.48. The van der Waals surface area contributed by atoms with Gasteiger partial charge in [0.1, 0.15) is 10.7 Å². The highest BCUT2D eigenvalue weighted by atomic mass is 32.1. The maximum Gasteiger partial charge on any atom is 0.268 e. The first-order valence-corrected chi connectivity index (χ1v) is 8.49. The fourth-order valence-corrected chi connectivity index (χ4v) is 4.18. The molecule has 0 bridgehead atoms. The molecule has 6 nitrogen and oxygen atoms in total. The number of amides is 1. The number of thiazole rings is 1. The van der Waals surface area contributed by atoms with E-state index in [0.717, 1.165) is 24.4 Å². The number of nitrogens with zero attached hydrogens (tertiary/aromatic N) is 2. The van der Waals surface area contributed by atoms with Crippen molar-refractivity contribution in [1.29, 1.82) is 0 Å². The number of morpholine rings is 1. The molecule has 3 N–H and O–H groups in total. The molecule has 2 aliphatic carbocycles. The van der Waals surface area contributed by atoms with Crippen LogP contribution >= 0.6 is 11.3 Å². The zero-order valence-electron chi connectivity index (χ0n) is 11.9. The van der Waals surface area contributed by atoms with Gasteiger partial charge >= 0.3 is 0 Å². The number of hydrogen-bond acceptors (Lipinski definition) is 6. The number of nitrogen functional groups attached to an aromatic ring is 1. The van der Waals surface area contributed by atoms with E-state index >= 15 is 0 Å². The number of carbonyl (C=O) groups excluding carboxylic acids is 1. The first kappa shape index (κ1) is 13.3. The topological polar surface area (TPSA) is 80.5 Å². The third-order valence-corrected chi connectivity index (χ3v) is 5.49. The molecule has 7 heteroatoms. The molecular formula is C14H20N4O2S. The molecule has 1 aliphatic heterocycles. The summed E-state index contributed by atoms with van der Waals surface area (Å²) in [6, 6.07) is 0.730. The van der Waals surface area contributed by atoms with E-state index in [1.807, 2.05) is 4.90 Å². The van der Waals surface area contributed by atoms with Crippen molar-refractivity contribution in [3.8, 4) is 0 Å². The van der Waals surface area contributed by atoms with Gasteiger partial charge in [0, 0.05) is 12.6 Å². The smallest absolute Gasteiger partial charge is 0.268 e. The van der Waals surface area contributed by atoms with Crippen molar-refractivity contribution >= 4 is 28.2 Å². The fourth-order valence-electron chi connectivity index (χ4n) is 3.26. The largest absolute Gasteiger partial charge is 0.382 e. The van der Waals surface area contributed by atoms with E-state index in [2.05, 4.69) is 10.3 Å². The van der Waals surface area contributed by atoms with E-state index in [-0.39, 0.29) is 18.1 Å². The van der Waals surface area contributed by atoms with Crippen LogP contribution in [-0.4, -0.2) is 47.1 Å². The van der Waals surface area contributed by atoms with Crippen LogP contribution in [0.2, 0.25) is 0 Å². The number of anilines is 2. The van der Waals surface area contributed by atoms with Crippen molar-refractivity contribution in [3.05, 3.63) is 4.88 Å². The van der Waals surface area contributed by atoms with E-state index in [9.17, 15) is 4.79 Å². The second-order valence-corrected chi connectivity index (χ2v) is 7.06. The minimum atomic E-state index is 0.0223. The molecule has 3 fully saturated rings. The van der Waals surface area contributed by atoms with Crippen LogP contribution < -0.4 is 11.1 Å². The summed E-state index contributed by atoms with van der Waals surface area (Å²) in [5.74, 6) is 0.378. The van der Waals surface area contributed by atoms with Crippen LogP contribution in [0.15, 0.2) is 0 Å². The standard InChI is InChI=1S/C14H20N4O2S/c15-12-11(21-14(17-12)16-8-4-5-8)13(19)18-6-7-20-10-3-1-2-9(10)18/h8-10H,1-7,15H2,(H,16,17). The van der Waals surface area contributed by atoms with Crippen LogP contribution in [0.5, 0.6) is 0 Å². The first-order chi connectivity index (χ1) is 10.2. The highest BCUT2D eigenvalue weighted by Gasteiger charge is 2.39. The average molecular weight is 308 g/mol. The minimum absolute atomic E-state index is 0.0223. The van der Waals surface area contributed by atoms with Crippen LogP contribution in [-0.2, 0) is 4.74 Å². The van der Waals surface area contributed by atoms with Gasteiger partial charge in [-0.3, -0.25) is 4.79 Å². The number of ether oxygens (including phenoxy) is 1. The van der Waals surface area contributed by atoms with Gasteiger partial charge in [0.05, 0.1) is 18.8 Å². The van der Waals surface area contributed by atoms with Crippen molar-refractivity contribution in [1.82, 2.24) is 9.88 Å². The molecule has 0 radical (unpaired) electrons. The lowest BCUT2D eigenvalue weighted by Gasteiger charge is -2.37. The van der Waals surface area contributed by atoms with Gasteiger partial charge in [-0.2, -0.15) is 0 Å². The summed E-state index contributed by atoms with van der Waals surface area (Å²) in [6.45, 7) is 1.28. The van der Waals surface area contributed by atoms with Crippen molar-refractivity contribution in [2.75, 3.05) is 24.2 Å². The number of rotatable bonds is 3. The second kappa shape index (κ2) is 5.14. The van der Waals surface area contributed by atoms with Crippen molar-refractivity contribution in [2.45, 2.75) is 50.3 Å². The predicted octanol–water partition coefficient (Wildman–Crippen LogP) is 1.69. The molecule has 1 aromatic rings. The summed E-state index contributed by atoms with van der Waals surface area (Å²) in [5, 5.41) is 4.09. The predicted molar refractivity (Wildman–Crippen MR) is 81.6 cm³/mol. The minimum Gasteiger partial charge on any atom is -0.382 e. The Bertz CT molecular complexity index is 557. The Hall–Kier alpha value is -1.34. The zero-order valence-corrected chi connectivity index (χ0v) is 12.7. The molecule has 2 saturated carbocycles. The second-order valence-electron chi connectivity index (χ2n) is 6.06. The van der Waals surface area contributed by atoms with E-state index < -0.39 is 0 Å². The Morgan fingerprint density at radius 2 is 2.24 bits per heavy atom. The number of aromatic nitrogens is 1. The number of carbonyl (C=O) groups is 1. The lowest BCUT2D eigenvalue weighted by atomic mass is 10.1. The van der Waals surface area contributed by atoms with E-state index in [1.165, 1.54) is 24.2 Å². The summed E-state index contributed by atoms with van der Waals surface area (Å²) in [6.07, 6.45) is 5.78. The molecule has 114 valence electrons. The maximum atomic E-state index is 12.8. The molecule has 21 heavy (non-hydrogen) atoms. The SMILES string of the molecule is Nc1nc(NC2CC2)sc1C(=O)N1CCOC2CCCC21. The van der Waals surface area contributed by atoms with Crippen LogP contribution in [0.1, 0.15) is 41.8 Å². The molecule has 0 spiro atoms. The van der Waals surface area contributed by atoms with E-state index in [0.29, 0.717) is 29.9 Å². The Morgan fingerprint density at radius 3 is 3.05 bits per heavy atom. The molecule has 0 aromatic carbocycles. The molecule has 2 unspecified atom stereocenters. The van der Waals surface area contributed by atoms with Crippen LogP contribution in [0.4, 0.5) is 10.9 Å². The zero-order chi connectivity index (χ0) is 14.4. The summed E-state index contributed by atoms with van der Waals surface area (Å²) >= 11 is 1.38. The van der Waals surface area contributed by atoms with Crippen molar-refractivity contribution in [2.24, 2.45) is 0 Å². The molecule has 2 atom stereocenters. The molecule has 4 rings (SSSR count). The molecular weight excluding hydrogens is 288 g/mol. The van der Waals surface area contributed by atoms with Gasteiger partial charge < -0.3 is 20.7 Å². The highest BCUT2D eigenvalue weighted by Crippen LogP contribution is 2.34. The quantitative estimate of drug-likeness (QED) is 0.888. The molecule has 3 aliphatic rings. The molecule has 1 saturated heterocycles. The highest BCUT2D eigenvalue weighted by molar-refractivity contribution is 7.18. The van der Waals surface area contributed by atoms with Crippen molar-refractivity contribution in [3.63, 3.8) is 0 Å². The Morgan fingerprint density at radius 1 is 1.38 bits per heavy atom. The van der Waals surface area contributed by atoms with Gasteiger partial charge in [0.15, 0.2) is 5.13 Å². The molecule has 1 amide bonds. The first-order valence-electron chi connectivity index (χ1n) is 7.68. The van der Waals surface area contributed by atoms with Crippen LogP contribution in [0.25, 0.3) is 0 Å². The Kier molecular flexibility index (Phi) is 3.26. The average Bonchev–Trinajstić information content (AvgIpc) is 3.02.